The molecule has 0 aliphatic rings. The van der Waals surface area contributed by atoms with Gasteiger partial charge in [0.05, 0.1) is 24.8 Å². The molecule has 2 aromatic rings. The normalized spacial score (nSPS) is 10.1. The van der Waals surface area contributed by atoms with Crippen molar-refractivity contribution in [3.63, 3.8) is 0 Å². The van der Waals surface area contributed by atoms with Crippen molar-refractivity contribution in [3.8, 4) is 5.75 Å². The number of carbonyl (C=O) groups is 2. The van der Waals surface area contributed by atoms with Crippen LogP contribution in [0.4, 0.5) is 5.00 Å². The summed E-state index contributed by atoms with van der Waals surface area (Å²) in [6, 6.07) is 8.67. The molecule has 0 saturated heterocycles. The van der Waals surface area contributed by atoms with Gasteiger partial charge in [0.15, 0.2) is 0 Å². The maximum absolute atomic E-state index is 12.4. The van der Waals surface area contributed by atoms with E-state index in [9.17, 15) is 9.59 Å². The first kappa shape index (κ1) is 16.0. The van der Waals surface area contributed by atoms with E-state index in [0.29, 0.717) is 28.5 Å². The van der Waals surface area contributed by atoms with Crippen LogP contribution in [0.5, 0.6) is 5.75 Å². The highest BCUT2D eigenvalue weighted by Crippen LogP contribution is 2.29. The lowest BCUT2D eigenvalue weighted by Crippen LogP contribution is -2.15. The van der Waals surface area contributed by atoms with Crippen molar-refractivity contribution in [2.75, 3.05) is 19.0 Å². The van der Waals surface area contributed by atoms with Crippen molar-refractivity contribution < 1.29 is 19.1 Å². The van der Waals surface area contributed by atoms with Gasteiger partial charge in [-0.1, -0.05) is 12.1 Å². The van der Waals surface area contributed by atoms with Gasteiger partial charge < -0.3 is 14.8 Å². The number of ether oxygens (including phenoxy) is 2. The highest BCUT2D eigenvalue weighted by atomic mass is 32.1. The zero-order valence-corrected chi connectivity index (χ0v) is 13.5. The maximum atomic E-state index is 12.4. The van der Waals surface area contributed by atoms with Gasteiger partial charge in [0, 0.05) is 4.88 Å². The van der Waals surface area contributed by atoms with Gasteiger partial charge in [-0.25, -0.2) is 4.79 Å². The molecule has 1 N–H and O–H groups in total. The number of esters is 1. The van der Waals surface area contributed by atoms with E-state index in [1.165, 1.54) is 18.4 Å². The van der Waals surface area contributed by atoms with Crippen LogP contribution in [0.25, 0.3) is 0 Å². The topological polar surface area (TPSA) is 64.6 Å². The fourth-order valence-corrected chi connectivity index (χ4v) is 2.87. The molecule has 0 saturated carbocycles. The van der Waals surface area contributed by atoms with Gasteiger partial charge in [-0.15, -0.1) is 11.3 Å². The Morgan fingerprint density at radius 3 is 2.64 bits per heavy atom. The quantitative estimate of drug-likeness (QED) is 0.857. The predicted octanol–water partition coefficient (Wildman–Crippen LogP) is 3.49. The summed E-state index contributed by atoms with van der Waals surface area (Å²) < 4.78 is 10.2. The first-order chi connectivity index (χ1) is 10.6. The Balaban J connectivity index is 2.28. The summed E-state index contributed by atoms with van der Waals surface area (Å²) in [6.07, 6.45) is 0. The monoisotopic (exact) mass is 319 g/mol. The summed E-state index contributed by atoms with van der Waals surface area (Å²) in [6.45, 7) is 4.18. The molecule has 1 aromatic heterocycles. The van der Waals surface area contributed by atoms with Gasteiger partial charge in [-0.2, -0.15) is 0 Å². The molecule has 116 valence electrons. The highest BCUT2D eigenvalue weighted by Gasteiger charge is 2.19. The molecule has 2 rings (SSSR count). The van der Waals surface area contributed by atoms with E-state index in [1.54, 1.807) is 30.3 Å². The molecule has 0 atom stereocenters. The zero-order valence-electron chi connectivity index (χ0n) is 12.6. The van der Waals surface area contributed by atoms with Crippen molar-refractivity contribution >= 4 is 28.2 Å². The van der Waals surface area contributed by atoms with Crippen LogP contribution in [0.15, 0.2) is 30.3 Å². The van der Waals surface area contributed by atoms with E-state index in [1.807, 2.05) is 13.8 Å². The summed E-state index contributed by atoms with van der Waals surface area (Å²) in [5.74, 6) is -0.288. The van der Waals surface area contributed by atoms with E-state index < -0.39 is 5.97 Å². The molecule has 0 spiro atoms. The van der Waals surface area contributed by atoms with Crippen LogP contribution in [0, 0.1) is 6.92 Å². The van der Waals surface area contributed by atoms with Gasteiger partial charge in [-0.05, 0) is 32.0 Å². The Hall–Kier alpha value is -2.34. The average Bonchev–Trinajstić information content (AvgIpc) is 2.88. The number of nitrogens with one attached hydrogen (secondary N) is 1. The molecule has 1 amide bonds. The number of rotatable bonds is 5. The third-order valence-corrected chi connectivity index (χ3v) is 3.89. The van der Waals surface area contributed by atoms with E-state index in [2.05, 4.69) is 5.32 Å². The molecule has 0 unspecified atom stereocenters. The number of aryl methyl sites for hydroxylation is 1. The number of carbonyl (C=O) groups excluding carboxylic acids is 2. The second kappa shape index (κ2) is 7.09. The third kappa shape index (κ3) is 3.46. The number of para-hydroxylation sites is 1. The Morgan fingerprint density at radius 2 is 1.95 bits per heavy atom. The van der Waals surface area contributed by atoms with Crippen LogP contribution in [0.2, 0.25) is 0 Å². The largest absolute Gasteiger partial charge is 0.493 e. The minimum Gasteiger partial charge on any atom is -0.493 e. The first-order valence-corrected chi connectivity index (χ1v) is 7.60. The van der Waals surface area contributed by atoms with Gasteiger partial charge >= 0.3 is 5.97 Å². The van der Waals surface area contributed by atoms with Gasteiger partial charge in [0.1, 0.15) is 10.8 Å². The van der Waals surface area contributed by atoms with E-state index in [-0.39, 0.29) is 5.91 Å². The van der Waals surface area contributed by atoms with E-state index >= 15 is 0 Å². The zero-order chi connectivity index (χ0) is 16.1. The average molecular weight is 319 g/mol. The summed E-state index contributed by atoms with van der Waals surface area (Å²) in [7, 11) is 1.31. The number of hydrogen-bond acceptors (Lipinski definition) is 5. The molecule has 0 aliphatic heterocycles. The molecule has 0 fully saturated rings. The number of amides is 1. The number of benzene rings is 1. The lowest BCUT2D eigenvalue weighted by Gasteiger charge is -2.10. The minimum absolute atomic E-state index is 0.323. The molecule has 6 heteroatoms. The Kier molecular flexibility index (Phi) is 5.16. The standard InChI is InChI=1S/C16H17NO4S/c1-4-21-13-8-6-5-7-11(13)14(18)17-15-12(16(19)20-3)9-10(2)22-15/h5-9H,4H2,1-3H3,(H,17,18). The SMILES string of the molecule is CCOc1ccccc1C(=O)Nc1sc(C)cc1C(=O)OC. The highest BCUT2D eigenvalue weighted by molar-refractivity contribution is 7.16. The van der Waals surface area contributed by atoms with Crippen LogP contribution in [-0.2, 0) is 4.74 Å². The molecule has 0 bridgehead atoms. The van der Waals surface area contributed by atoms with Crippen molar-refractivity contribution in [2.24, 2.45) is 0 Å². The molecule has 0 aliphatic carbocycles. The lowest BCUT2D eigenvalue weighted by molar-refractivity contribution is 0.0602. The molecule has 5 nitrogen and oxygen atoms in total. The van der Waals surface area contributed by atoms with E-state index in [4.69, 9.17) is 9.47 Å². The van der Waals surface area contributed by atoms with Gasteiger partial charge in [0.25, 0.3) is 5.91 Å². The number of anilines is 1. The van der Waals surface area contributed by atoms with Gasteiger partial charge in [-0.3, -0.25) is 4.79 Å². The van der Waals surface area contributed by atoms with Crippen LogP contribution < -0.4 is 10.1 Å². The van der Waals surface area contributed by atoms with Crippen molar-refractivity contribution in [1.82, 2.24) is 0 Å². The second-order valence-corrected chi connectivity index (χ2v) is 5.73. The fourth-order valence-electron chi connectivity index (χ4n) is 1.97. The van der Waals surface area contributed by atoms with E-state index in [0.717, 1.165) is 4.88 Å². The van der Waals surface area contributed by atoms with Crippen LogP contribution in [0.1, 0.15) is 32.5 Å². The van der Waals surface area contributed by atoms with Crippen LogP contribution >= 0.6 is 11.3 Å². The predicted molar refractivity (Wildman–Crippen MR) is 86.0 cm³/mol. The smallest absolute Gasteiger partial charge is 0.340 e. The summed E-state index contributed by atoms with van der Waals surface area (Å²) in [5, 5.41) is 3.23. The third-order valence-electron chi connectivity index (χ3n) is 2.92. The lowest BCUT2D eigenvalue weighted by atomic mass is 10.2. The number of hydrogen-bond donors (Lipinski definition) is 1. The van der Waals surface area contributed by atoms with Crippen LogP contribution in [-0.4, -0.2) is 25.6 Å². The Bertz CT molecular complexity index is 693. The summed E-state index contributed by atoms with van der Waals surface area (Å²) in [5.41, 5.74) is 0.776. The van der Waals surface area contributed by atoms with Crippen molar-refractivity contribution in [3.05, 3.63) is 46.3 Å². The molecule has 22 heavy (non-hydrogen) atoms. The van der Waals surface area contributed by atoms with Crippen LogP contribution in [0.3, 0.4) is 0 Å². The molecular weight excluding hydrogens is 302 g/mol. The molecular formula is C16H17NO4S. The van der Waals surface area contributed by atoms with Gasteiger partial charge in [0.2, 0.25) is 0 Å². The Labute approximate surface area is 132 Å². The molecule has 1 aromatic carbocycles. The molecule has 0 radical (unpaired) electrons. The maximum Gasteiger partial charge on any atom is 0.340 e. The minimum atomic E-state index is -0.474. The summed E-state index contributed by atoms with van der Waals surface area (Å²) in [4.78, 5) is 25.1. The van der Waals surface area contributed by atoms with Crippen molar-refractivity contribution in [1.29, 1.82) is 0 Å². The Morgan fingerprint density at radius 1 is 1.23 bits per heavy atom. The number of methoxy groups -OCH3 is 1. The molecule has 1 heterocycles. The van der Waals surface area contributed by atoms with Crippen molar-refractivity contribution in [2.45, 2.75) is 13.8 Å². The second-order valence-electron chi connectivity index (χ2n) is 4.47. The first-order valence-electron chi connectivity index (χ1n) is 6.78. The summed E-state index contributed by atoms with van der Waals surface area (Å²) >= 11 is 1.33. The number of thiophene rings is 1. The fraction of sp³-hybridized carbons (Fsp3) is 0.250.